The summed E-state index contributed by atoms with van der Waals surface area (Å²) < 4.78 is 6.08. The lowest BCUT2D eigenvalue weighted by atomic mass is 9.78. The molecule has 0 heterocycles. The van der Waals surface area contributed by atoms with Gasteiger partial charge in [0.2, 0.25) is 0 Å². The molecule has 0 saturated heterocycles. The molecule has 1 aromatic carbocycles. The van der Waals surface area contributed by atoms with Crippen LogP contribution >= 0.6 is 0 Å². The maximum atomic E-state index is 10.8. The molecule has 0 unspecified atom stereocenters. The summed E-state index contributed by atoms with van der Waals surface area (Å²) in [6.07, 6.45) is 0. The molecular formula is C19H34NO2+. The minimum Gasteiger partial charge on any atom is -0.507 e. The van der Waals surface area contributed by atoms with Crippen LogP contribution in [0.4, 0.5) is 0 Å². The first-order chi connectivity index (χ1) is 9.78. The molecule has 0 radical (unpaired) electrons. The van der Waals surface area contributed by atoms with Gasteiger partial charge < -0.3 is 14.3 Å². The number of ether oxygens (including phenoxy) is 1. The largest absolute Gasteiger partial charge is 0.507 e. The fraction of sp³-hybridized carbons (Fsp3) is 0.684. The van der Waals surface area contributed by atoms with E-state index in [0.29, 0.717) is 12.5 Å². The van der Waals surface area contributed by atoms with E-state index >= 15 is 0 Å². The minimum atomic E-state index is -0.0848. The number of phenolic OH excluding ortho intramolecular Hbond substituents is 1. The van der Waals surface area contributed by atoms with Crippen molar-refractivity contribution >= 4 is 0 Å². The second-order valence-electron chi connectivity index (χ2n) is 9.05. The van der Waals surface area contributed by atoms with E-state index in [1.165, 1.54) is 5.56 Å². The molecule has 0 aliphatic carbocycles. The Morgan fingerprint density at radius 1 is 0.955 bits per heavy atom. The van der Waals surface area contributed by atoms with Gasteiger partial charge >= 0.3 is 0 Å². The topological polar surface area (TPSA) is 29.5 Å². The Hall–Kier alpha value is -1.06. The molecule has 0 atom stereocenters. The molecule has 0 bridgehead atoms. The molecule has 0 aliphatic rings. The highest BCUT2D eigenvalue weighted by Gasteiger charge is 2.28. The van der Waals surface area contributed by atoms with Gasteiger partial charge in [0.1, 0.15) is 12.3 Å². The first-order valence-corrected chi connectivity index (χ1v) is 7.96. The lowest BCUT2D eigenvalue weighted by Crippen LogP contribution is -2.40. The van der Waals surface area contributed by atoms with Gasteiger partial charge in [0.25, 0.3) is 0 Å². The van der Waals surface area contributed by atoms with Crippen molar-refractivity contribution in [2.75, 3.05) is 27.9 Å². The van der Waals surface area contributed by atoms with Gasteiger partial charge in [-0.25, -0.2) is 0 Å². The van der Waals surface area contributed by atoms with Crippen LogP contribution in [0.5, 0.6) is 5.75 Å². The molecular weight excluding hydrogens is 274 g/mol. The molecule has 1 N–H and O–H groups in total. The third-order valence-electron chi connectivity index (χ3n) is 3.87. The average Bonchev–Trinajstić information content (AvgIpc) is 2.27. The maximum absolute atomic E-state index is 10.8. The van der Waals surface area contributed by atoms with Gasteiger partial charge in [-0.15, -0.1) is 0 Å². The monoisotopic (exact) mass is 308 g/mol. The highest BCUT2D eigenvalue weighted by atomic mass is 16.5. The molecule has 126 valence electrons. The van der Waals surface area contributed by atoms with Crippen LogP contribution in [0.3, 0.4) is 0 Å². The Labute approximate surface area is 136 Å². The zero-order valence-corrected chi connectivity index (χ0v) is 15.9. The Morgan fingerprint density at radius 3 is 1.68 bits per heavy atom. The fourth-order valence-electron chi connectivity index (χ4n) is 2.82. The SMILES string of the molecule is COC[N+](C)(C)Cc1cc(C(C)(C)C)c(O)c(C(C)(C)C)c1. The summed E-state index contributed by atoms with van der Waals surface area (Å²) in [6.45, 7) is 14.4. The highest BCUT2D eigenvalue weighted by molar-refractivity contribution is 5.49. The summed E-state index contributed by atoms with van der Waals surface area (Å²) in [7, 11) is 6.05. The van der Waals surface area contributed by atoms with Gasteiger partial charge in [0.05, 0.1) is 14.1 Å². The zero-order chi connectivity index (χ0) is 17.3. The number of hydrogen-bond acceptors (Lipinski definition) is 2. The smallest absolute Gasteiger partial charge is 0.182 e. The second kappa shape index (κ2) is 6.21. The van der Waals surface area contributed by atoms with E-state index in [1.54, 1.807) is 7.11 Å². The standard InChI is InChI=1S/C19H33NO2/c1-18(2,3)15-10-14(12-20(7,8)13-22-9)11-16(17(15)21)19(4,5)6/h10-11H,12-13H2,1-9H3/p+1. The van der Waals surface area contributed by atoms with Gasteiger partial charge in [-0.05, 0) is 23.0 Å². The third kappa shape index (κ3) is 4.72. The van der Waals surface area contributed by atoms with E-state index in [1.807, 2.05) is 0 Å². The second-order valence-corrected chi connectivity index (χ2v) is 9.05. The number of rotatable bonds is 4. The van der Waals surface area contributed by atoms with Crippen LogP contribution in [0.1, 0.15) is 58.2 Å². The van der Waals surface area contributed by atoms with Crippen molar-refractivity contribution in [2.45, 2.75) is 58.9 Å². The maximum Gasteiger partial charge on any atom is 0.182 e. The van der Waals surface area contributed by atoms with Gasteiger partial charge in [0, 0.05) is 23.8 Å². The highest BCUT2D eigenvalue weighted by Crippen LogP contribution is 2.40. The van der Waals surface area contributed by atoms with Crippen molar-refractivity contribution in [3.63, 3.8) is 0 Å². The van der Waals surface area contributed by atoms with Crippen LogP contribution in [-0.2, 0) is 22.1 Å². The lowest BCUT2D eigenvalue weighted by molar-refractivity contribution is -0.921. The van der Waals surface area contributed by atoms with E-state index in [2.05, 4.69) is 67.8 Å². The van der Waals surface area contributed by atoms with E-state index in [0.717, 1.165) is 22.2 Å². The van der Waals surface area contributed by atoms with Gasteiger partial charge in [-0.1, -0.05) is 41.5 Å². The number of hydrogen-bond donors (Lipinski definition) is 1. The van der Waals surface area contributed by atoms with Crippen LogP contribution in [0.15, 0.2) is 12.1 Å². The van der Waals surface area contributed by atoms with Crippen LogP contribution in [0.2, 0.25) is 0 Å². The summed E-state index contributed by atoms with van der Waals surface area (Å²) in [5.74, 6) is 0.445. The van der Waals surface area contributed by atoms with E-state index < -0.39 is 0 Å². The summed E-state index contributed by atoms with van der Waals surface area (Å²) >= 11 is 0. The molecule has 0 amide bonds. The molecule has 3 nitrogen and oxygen atoms in total. The number of aromatic hydroxyl groups is 1. The predicted molar refractivity (Wildman–Crippen MR) is 93.2 cm³/mol. The van der Waals surface area contributed by atoms with Crippen LogP contribution < -0.4 is 0 Å². The van der Waals surface area contributed by atoms with Crippen molar-refractivity contribution in [2.24, 2.45) is 0 Å². The van der Waals surface area contributed by atoms with Gasteiger partial charge in [-0.3, -0.25) is 0 Å². The molecule has 0 aromatic heterocycles. The van der Waals surface area contributed by atoms with Crippen LogP contribution in [0.25, 0.3) is 0 Å². The van der Waals surface area contributed by atoms with Gasteiger partial charge in [0.15, 0.2) is 6.73 Å². The third-order valence-corrected chi connectivity index (χ3v) is 3.87. The Bertz CT molecular complexity index is 484. The molecule has 0 spiro atoms. The Balaban J connectivity index is 3.42. The normalized spacial score (nSPS) is 13.5. The summed E-state index contributed by atoms with van der Waals surface area (Å²) in [5, 5.41) is 10.8. The molecule has 0 saturated carbocycles. The number of phenols is 1. The Morgan fingerprint density at radius 2 is 1.36 bits per heavy atom. The van der Waals surface area contributed by atoms with Crippen molar-refractivity contribution in [1.29, 1.82) is 0 Å². The van der Waals surface area contributed by atoms with Crippen molar-refractivity contribution < 1.29 is 14.3 Å². The summed E-state index contributed by atoms with van der Waals surface area (Å²) in [5.41, 5.74) is 3.12. The van der Waals surface area contributed by atoms with Crippen LogP contribution in [-0.4, -0.2) is 37.5 Å². The number of nitrogens with zero attached hydrogens (tertiary/aromatic N) is 1. The molecule has 0 fully saturated rings. The van der Waals surface area contributed by atoms with Crippen LogP contribution in [0, 0.1) is 0 Å². The molecule has 1 aromatic rings. The van der Waals surface area contributed by atoms with E-state index in [9.17, 15) is 5.11 Å². The van der Waals surface area contributed by atoms with Gasteiger partial charge in [-0.2, -0.15) is 0 Å². The molecule has 3 heteroatoms. The lowest BCUT2D eigenvalue weighted by Gasteiger charge is -2.32. The summed E-state index contributed by atoms with van der Waals surface area (Å²) in [4.78, 5) is 0. The fourth-order valence-corrected chi connectivity index (χ4v) is 2.82. The predicted octanol–water partition coefficient (Wildman–Crippen LogP) is 4.17. The number of methoxy groups -OCH3 is 1. The van der Waals surface area contributed by atoms with Crippen molar-refractivity contribution in [3.8, 4) is 5.75 Å². The quantitative estimate of drug-likeness (QED) is 0.668. The molecule has 22 heavy (non-hydrogen) atoms. The van der Waals surface area contributed by atoms with Crippen molar-refractivity contribution in [1.82, 2.24) is 0 Å². The van der Waals surface area contributed by atoms with E-state index in [-0.39, 0.29) is 10.8 Å². The zero-order valence-electron chi connectivity index (χ0n) is 15.9. The first kappa shape index (κ1) is 19.0. The molecule has 0 aliphatic heterocycles. The Kier molecular flexibility index (Phi) is 5.36. The average molecular weight is 308 g/mol. The first-order valence-electron chi connectivity index (χ1n) is 7.96. The number of benzene rings is 1. The van der Waals surface area contributed by atoms with E-state index in [4.69, 9.17) is 4.74 Å². The minimum absolute atomic E-state index is 0.0848. The summed E-state index contributed by atoms with van der Waals surface area (Å²) in [6, 6.07) is 4.31. The number of quaternary nitrogens is 1. The van der Waals surface area contributed by atoms with Crippen molar-refractivity contribution in [3.05, 3.63) is 28.8 Å². The molecule has 1 rings (SSSR count).